The summed E-state index contributed by atoms with van der Waals surface area (Å²) in [6, 6.07) is 8.23. The van der Waals surface area contributed by atoms with Gasteiger partial charge in [0, 0.05) is 18.9 Å². The van der Waals surface area contributed by atoms with Crippen molar-refractivity contribution in [2.75, 3.05) is 13.1 Å². The molecule has 1 atom stereocenters. The van der Waals surface area contributed by atoms with Crippen LogP contribution >= 0.6 is 0 Å². The molecule has 94 valence electrons. The van der Waals surface area contributed by atoms with E-state index in [2.05, 4.69) is 17.4 Å². The van der Waals surface area contributed by atoms with Crippen LogP contribution < -0.4 is 5.32 Å². The monoisotopic (exact) mass is 243 g/mol. The molecule has 0 saturated carbocycles. The summed E-state index contributed by atoms with van der Waals surface area (Å²) in [5.74, 6) is 0.483. The minimum atomic E-state index is -4.02. The normalized spacial score (nSPS) is 18.6. The molecule has 1 aliphatic carbocycles. The quantitative estimate of drug-likeness (QED) is 0.783. The molecule has 1 nitrogen and oxygen atoms in total. The minimum absolute atomic E-state index is 0.165. The maximum atomic E-state index is 11.9. The van der Waals surface area contributed by atoms with Gasteiger partial charge in [0.1, 0.15) is 0 Å². The Bertz CT molecular complexity index is 373. The van der Waals surface area contributed by atoms with Crippen LogP contribution in [0.15, 0.2) is 24.3 Å². The highest BCUT2D eigenvalue weighted by Crippen LogP contribution is 2.33. The van der Waals surface area contributed by atoms with Crippen LogP contribution in [0.5, 0.6) is 0 Å². The van der Waals surface area contributed by atoms with Gasteiger partial charge in [-0.05, 0) is 30.5 Å². The fraction of sp³-hybridized carbons (Fsp3) is 0.538. The summed E-state index contributed by atoms with van der Waals surface area (Å²) in [5, 5.41) is 3.10. The van der Waals surface area contributed by atoms with E-state index in [-0.39, 0.29) is 6.42 Å². The van der Waals surface area contributed by atoms with Gasteiger partial charge in [0.2, 0.25) is 0 Å². The molecule has 1 aromatic rings. The lowest BCUT2D eigenvalue weighted by molar-refractivity contribution is -0.135. The number of alkyl halides is 3. The molecule has 1 aliphatic rings. The zero-order valence-electron chi connectivity index (χ0n) is 9.56. The lowest BCUT2D eigenvalue weighted by atomic mass is 9.77. The lowest BCUT2D eigenvalue weighted by Gasteiger charge is -2.30. The van der Waals surface area contributed by atoms with Crippen LogP contribution in [0, 0.1) is 0 Å². The fourth-order valence-electron chi connectivity index (χ4n) is 2.23. The number of benzene rings is 1. The van der Waals surface area contributed by atoms with E-state index in [4.69, 9.17) is 0 Å². The highest BCUT2D eigenvalue weighted by Gasteiger charge is 2.27. The third-order valence-corrected chi connectivity index (χ3v) is 3.17. The Labute approximate surface area is 99.0 Å². The first-order valence-electron chi connectivity index (χ1n) is 5.91. The number of fused-ring (bicyclic) bond motifs is 1. The summed E-state index contributed by atoms with van der Waals surface area (Å²) in [4.78, 5) is 0. The molecule has 1 aromatic carbocycles. The zero-order valence-corrected chi connectivity index (χ0v) is 9.56. The molecule has 0 aromatic heterocycles. The molecule has 17 heavy (non-hydrogen) atoms. The summed E-state index contributed by atoms with van der Waals surface area (Å²) in [7, 11) is 0. The van der Waals surface area contributed by atoms with Gasteiger partial charge in [0.15, 0.2) is 0 Å². The molecule has 0 bridgehead atoms. The van der Waals surface area contributed by atoms with E-state index in [9.17, 15) is 13.2 Å². The number of halogens is 3. The van der Waals surface area contributed by atoms with Crippen molar-refractivity contribution in [3.63, 3.8) is 0 Å². The van der Waals surface area contributed by atoms with E-state index in [0.29, 0.717) is 12.5 Å². The van der Waals surface area contributed by atoms with E-state index in [1.54, 1.807) is 0 Å². The van der Waals surface area contributed by atoms with Crippen LogP contribution in [-0.2, 0) is 6.42 Å². The number of hydrogen-bond donors (Lipinski definition) is 1. The predicted molar refractivity (Wildman–Crippen MR) is 61.0 cm³/mol. The maximum absolute atomic E-state index is 11.9. The van der Waals surface area contributed by atoms with Crippen LogP contribution in [0.2, 0.25) is 0 Å². The van der Waals surface area contributed by atoms with Crippen LogP contribution in [-0.4, -0.2) is 19.3 Å². The lowest BCUT2D eigenvalue weighted by Crippen LogP contribution is -2.30. The molecule has 2 rings (SSSR count). The summed E-state index contributed by atoms with van der Waals surface area (Å²) >= 11 is 0. The van der Waals surface area contributed by atoms with Gasteiger partial charge in [0.25, 0.3) is 0 Å². The first kappa shape index (κ1) is 12.4. The average Bonchev–Trinajstić information content (AvgIpc) is 2.22. The van der Waals surface area contributed by atoms with E-state index >= 15 is 0 Å². The predicted octanol–water partition coefficient (Wildman–Crippen LogP) is 3.26. The molecule has 0 spiro atoms. The number of rotatable bonds is 5. The summed E-state index contributed by atoms with van der Waals surface area (Å²) in [6.45, 7) is 1.23. The van der Waals surface area contributed by atoms with Crippen molar-refractivity contribution in [2.45, 2.75) is 31.4 Å². The third-order valence-electron chi connectivity index (χ3n) is 3.17. The van der Waals surface area contributed by atoms with Crippen molar-refractivity contribution in [1.82, 2.24) is 5.32 Å². The molecule has 0 aliphatic heterocycles. The first-order valence-corrected chi connectivity index (χ1v) is 5.91. The largest absolute Gasteiger partial charge is 0.389 e. The molecule has 0 amide bonds. The van der Waals surface area contributed by atoms with E-state index < -0.39 is 12.6 Å². The van der Waals surface area contributed by atoms with Crippen LogP contribution in [0.3, 0.4) is 0 Å². The molecule has 0 fully saturated rings. The second-order valence-corrected chi connectivity index (χ2v) is 4.52. The molecular formula is C13H16F3N. The second-order valence-electron chi connectivity index (χ2n) is 4.52. The molecular weight excluding hydrogens is 227 g/mol. The highest BCUT2D eigenvalue weighted by atomic mass is 19.4. The Morgan fingerprint density at radius 1 is 1.24 bits per heavy atom. The topological polar surface area (TPSA) is 12.0 Å². The number of hydrogen-bond acceptors (Lipinski definition) is 1. The van der Waals surface area contributed by atoms with Crippen molar-refractivity contribution in [2.24, 2.45) is 0 Å². The van der Waals surface area contributed by atoms with Crippen molar-refractivity contribution in [1.29, 1.82) is 0 Å². The Morgan fingerprint density at radius 3 is 2.71 bits per heavy atom. The van der Waals surface area contributed by atoms with Gasteiger partial charge in [0.05, 0.1) is 0 Å². The van der Waals surface area contributed by atoms with Crippen LogP contribution in [0.25, 0.3) is 0 Å². The Balaban J connectivity index is 1.62. The molecule has 0 radical (unpaired) electrons. The smallest absolute Gasteiger partial charge is 0.316 e. The second kappa shape index (κ2) is 5.08. The van der Waals surface area contributed by atoms with Gasteiger partial charge >= 0.3 is 6.18 Å². The van der Waals surface area contributed by atoms with Crippen molar-refractivity contribution in [3.8, 4) is 0 Å². The van der Waals surface area contributed by atoms with Gasteiger partial charge in [-0.1, -0.05) is 24.3 Å². The number of nitrogens with one attached hydrogen (secondary N) is 1. The molecule has 4 heteroatoms. The van der Waals surface area contributed by atoms with E-state index in [0.717, 1.165) is 13.0 Å². The molecule has 0 heterocycles. The fourth-order valence-corrected chi connectivity index (χ4v) is 2.23. The third kappa shape index (κ3) is 3.46. The molecule has 1 unspecified atom stereocenters. The van der Waals surface area contributed by atoms with Crippen molar-refractivity contribution in [3.05, 3.63) is 35.4 Å². The Hall–Kier alpha value is -1.03. The Morgan fingerprint density at radius 2 is 2.00 bits per heavy atom. The van der Waals surface area contributed by atoms with Gasteiger partial charge < -0.3 is 5.32 Å². The minimum Gasteiger partial charge on any atom is -0.316 e. The van der Waals surface area contributed by atoms with Crippen molar-refractivity contribution < 1.29 is 13.2 Å². The van der Waals surface area contributed by atoms with Gasteiger partial charge in [-0.15, -0.1) is 0 Å². The zero-order chi connectivity index (χ0) is 12.3. The Kier molecular flexibility index (Phi) is 3.72. The first-order chi connectivity index (χ1) is 8.06. The standard InChI is InChI=1S/C13H16F3N/c14-13(15,16)6-3-7-17-9-11-8-10-4-1-2-5-12(10)11/h1-2,4-5,11,17H,3,6-9H2. The summed E-state index contributed by atoms with van der Waals surface area (Å²) < 4.78 is 35.7. The summed E-state index contributed by atoms with van der Waals surface area (Å²) in [6.07, 6.45) is -3.51. The van der Waals surface area contributed by atoms with Gasteiger partial charge in [-0.2, -0.15) is 13.2 Å². The van der Waals surface area contributed by atoms with Crippen LogP contribution in [0.4, 0.5) is 13.2 Å². The molecule has 1 N–H and O–H groups in total. The maximum Gasteiger partial charge on any atom is 0.389 e. The van der Waals surface area contributed by atoms with Gasteiger partial charge in [-0.3, -0.25) is 0 Å². The van der Waals surface area contributed by atoms with E-state index in [1.165, 1.54) is 11.1 Å². The van der Waals surface area contributed by atoms with Gasteiger partial charge in [-0.25, -0.2) is 0 Å². The SMILES string of the molecule is FC(F)(F)CCCNCC1Cc2ccccc21. The molecule has 0 saturated heterocycles. The average molecular weight is 243 g/mol. The van der Waals surface area contributed by atoms with Crippen LogP contribution in [0.1, 0.15) is 29.9 Å². The highest BCUT2D eigenvalue weighted by molar-refractivity contribution is 5.40. The van der Waals surface area contributed by atoms with E-state index in [1.807, 2.05) is 12.1 Å². The van der Waals surface area contributed by atoms with Crippen molar-refractivity contribution >= 4 is 0 Å². The summed E-state index contributed by atoms with van der Waals surface area (Å²) in [5.41, 5.74) is 2.71.